The lowest BCUT2D eigenvalue weighted by Gasteiger charge is -2.27. The molecule has 0 radical (unpaired) electrons. The van der Waals surface area contributed by atoms with Crippen LogP contribution in [0.2, 0.25) is 0 Å². The SMILES string of the molecule is COc1cc([N+](=O)[O-])ccc1S(=O)(=O)NCC1NCCc2ccccc21.Cl. The largest absolute Gasteiger partial charge is 0.495 e. The number of methoxy groups -OCH3 is 1. The van der Waals surface area contributed by atoms with Crippen LogP contribution in [-0.4, -0.2) is 33.5 Å². The minimum Gasteiger partial charge on any atom is -0.495 e. The zero-order valence-corrected chi connectivity index (χ0v) is 16.2. The second-order valence-corrected chi connectivity index (χ2v) is 7.64. The number of halogens is 1. The molecule has 0 fully saturated rings. The maximum atomic E-state index is 12.7. The Labute approximate surface area is 163 Å². The van der Waals surface area contributed by atoms with Gasteiger partial charge in [-0.05, 0) is 30.2 Å². The molecule has 8 nitrogen and oxygen atoms in total. The molecule has 1 unspecified atom stereocenters. The third kappa shape index (κ3) is 4.56. The standard InChI is InChI=1S/C17H19N3O5S.ClH/c1-25-16-10-13(20(21)22)6-7-17(16)26(23,24)19-11-15-14-5-3-2-4-12(14)8-9-18-15;/h2-7,10,15,18-19H,8-9,11H2,1H3;1H. The fourth-order valence-corrected chi connectivity index (χ4v) is 4.23. The number of rotatable bonds is 6. The summed E-state index contributed by atoms with van der Waals surface area (Å²) in [6, 6.07) is 11.2. The number of nitrogens with one attached hydrogen (secondary N) is 2. The zero-order chi connectivity index (χ0) is 18.7. The van der Waals surface area contributed by atoms with Gasteiger partial charge in [-0.2, -0.15) is 0 Å². The first-order valence-corrected chi connectivity index (χ1v) is 9.54. The van der Waals surface area contributed by atoms with Gasteiger partial charge in [0.25, 0.3) is 5.69 Å². The highest BCUT2D eigenvalue weighted by Crippen LogP contribution is 2.29. The van der Waals surface area contributed by atoms with Crippen LogP contribution >= 0.6 is 12.4 Å². The number of hydrogen-bond acceptors (Lipinski definition) is 6. The Morgan fingerprint density at radius 3 is 2.74 bits per heavy atom. The fourth-order valence-electron chi connectivity index (χ4n) is 3.04. The second kappa shape index (κ2) is 8.66. The molecular weight excluding hydrogens is 394 g/mol. The average Bonchev–Trinajstić information content (AvgIpc) is 2.65. The van der Waals surface area contributed by atoms with Gasteiger partial charge in [0.05, 0.1) is 18.1 Å². The van der Waals surface area contributed by atoms with Crippen molar-refractivity contribution in [1.82, 2.24) is 10.0 Å². The number of nitrogens with zero attached hydrogens (tertiary/aromatic N) is 1. The summed E-state index contributed by atoms with van der Waals surface area (Å²) in [5.74, 6) is -0.0660. The lowest BCUT2D eigenvalue weighted by atomic mass is 9.95. The second-order valence-electron chi connectivity index (χ2n) is 5.90. The summed E-state index contributed by atoms with van der Waals surface area (Å²) < 4.78 is 32.9. The molecule has 0 saturated carbocycles. The van der Waals surface area contributed by atoms with Gasteiger partial charge >= 0.3 is 0 Å². The molecule has 10 heteroatoms. The van der Waals surface area contributed by atoms with Crippen LogP contribution in [0.5, 0.6) is 5.75 Å². The maximum Gasteiger partial charge on any atom is 0.273 e. The van der Waals surface area contributed by atoms with Crippen LogP contribution in [0.1, 0.15) is 17.2 Å². The number of sulfonamides is 1. The Kier molecular flexibility index (Phi) is 6.77. The van der Waals surface area contributed by atoms with Gasteiger partial charge in [-0.3, -0.25) is 10.1 Å². The minimum atomic E-state index is -3.89. The number of hydrogen-bond donors (Lipinski definition) is 2. The number of nitro groups is 1. The molecule has 2 aromatic rings. The molecular formula is C17H20ClN3O5S. The monoisotopic (exact) mass is 413 g/mol. The summed E-state index contributed by atoms with van der Waals surface area (Å²) in [6.07, 6.45) is 0.898. The van der Waals surface area contributed by atoms with Crippen molar-refractivity contribution in [1.29, 1.82) is 0 Å². The smallest absolute Gasteiger partial charge is 0.273 e. The van der Waals surface area contributed by atoms with E-state index in [1.807, 2.05) is 24.3 Å². The van der Waals surface area contributed by atoms with E-state index < -0.39 is 14.9 Å². The van der Waals surface area contributed by atoms with Crippen LogP contribution in [0.3, 0.4) is 0 Å². The van der Waals surface area contributed by atoms with Crippen LogP contribution in [0.25, 0.3) is 0 Å². The number of ether oxygens (including phenoxy) is 1. The Morgan fingerprint density at radius 2 is 2.04 bits per heavy atom. The lowest BCUT2D eigenvalue weighted by molar-refractivity contribution is -0.385. The summed E-state index contributed by atoms with van der Waals surface area (Å²) in [4.78, 5) is 10.1. The topological polar surface area (TPSA) is 111 Å². The Bertz CT molecular complexity index is 936. The molecule has 1 aliphatic heterocycles. The van der Waals surface area contributed by atoms with E-state index >= 15 is 0 Å². The number of non-ortho nitro benzene ring substituents is 1. The fraction of sp³-hybridized carbons (Fsp3) is 0.294. The normalized spacial score (nSPS) is 16.1. The van der Waals surface area contributed by atoms with E-state index in [-0.39, 0.29) is 41.3 Å². The van der Waals surface area contributed by atoms with Crippen LogP contribution in [0.15, 0.2) is 47.4 Å². The molecule has 146 valence electrons. The van der Waals surface area contributed by atoms with E-state index in [2.05, 4.69) is 10.0 Å². The van der Waals surface area contributed by atoms with Gasteiger partial charge in [-0.25, -0.2) is 13.1 Å². The van der Waals surface area contributed by atoms with E-state index in [0.29, 0.717) is 0 Å². The maximum absolute atomic E-state index is 12.7. The lowest BCUT2D eigenvalue weighted by Crippen LogP contribution is -2.38. The molecule has 0 aliphatic carbocycles. The summed E-state index contributed by atoms with van der Waals surface area (Å²) in [6.45, 7) is 0.934. The van der Waals surface area contributed by atoms with Crippen molar-refractivity contribution in [3.05, 3.63) is 63.7 Å². The van der Waals surface area contributed by atoms with Crippen molar-refractivity contribution in [3.63, 3.8) is 0 Å². The van der Waals surface area contributed by atoms with Crippen LogP contribution in [0, 0.1) is 10.1 Å². The Morgan fingerprint density at radius 1 is 1.30 bits per heavy atom. The van der Waals surface area contributed by atoms with Crippen molar-refractivity contribution in [2.75, 3.05) is 20.2 Å². The third-order valence-corrected chi connectivity index (χ3v) is 5.80. The predicted octanol–water partition coefficient (Wildman–Crippen LogP) is 2.19. The molecule has 0 bridgehead atoms. The molecule has 2 N–H and O–H groups in total. The van der Waals surface area contributed by atoms with Crippen molar-refractivity contribution < 1.29 is 18.1 Å². The van der Waals surface area contributed by atoms with Gasteiger partial charge in [0, 0.05) is 18.7 Å². The van der Waals surface area contributed by atoms with Crippen molar-refractivity contribution >= 4 is 28.1 Å². The van der Waals surface area contributed by atoms with Gasteiger partial charge in [-0.15, -0.1) is 12.4 Å². The summed E-state index contributed by atoms with van der Waals surface area (Å²) in [7, 11) is -2.61. The van der Waals surface area contributed by atoms with Gasteiger partial charge in [0.2, 0.25) is 10.0 Å². The Hall–Kier alpha value is -2.20. The molecule has 1 atom stereocenters. The van der Waals surface area contributed by atoms with Gasteiger partial charge in [0.1, 0.15) is 10.6 Å². The Balaban J connectivity index is 0.00000261. The van der Waals surface area contributed by atoms with E-state index in [9.17, 15) is 18.5 Å². The first-order chi connectivity index (χ1) is 12.4. The molecule has 1 heterocycles. The summed E-state index contributed by atoms with van der Waals surface area (Å²) in [5.41, 5.74) is 2.03. The van der Waals surface area contributed by atoms with E-state index in [0.717, 1.165) is 30.7 Å². The molecule has 2 aromatic carbocycles. The van der Waals surface area contributed by atoms with Crippen molar-refractivity contribution in [2.45, 2.75) is 17.4 Å². The number of nitro benzene ring substituents is 1. The zero-order valence-electron chi connectivity index (χ0n) is 14.5. The third-order valence-electron chi connectivity index (χ3n) is 4.34. The molecule has 0 amide bonds. The average molecular weight is 414 g/mol. The van der Waals surface area contributed by atoms with Gasteiger partial charge in [0.15, 0.2) is 0 Å². The van der Waals surface area contributed by atoms with Crippen LogP contribution in [-0.2, 0) is 16.4 Å². The first kappa shape index (κ1) is 21.1. The molecule has 0 saturated heterocycles. The van der Waals surface area contributed by atoms with Gasteiger partial charge in [-0.1, -0.05) is 24.3 Å². The highest BCUT2D eigenvalue weighted by molar-refractivity contribution is 7.89. The van der Waals surface area contributed by atoms with Crippen LogP contribution < -0.4 is 14.8 Å². The predicted molar refractivity (Wildman–Crippen MR) is 103 cm³/mol. The molecule has 3 rings (SSSR count). The molecule has 27 heavy (non-hydrogen) atoms. The highest BCUT2D eigenvalue weighted by Gasteiger charge is 2.25. The summed E-state index contributed by atoms with van der Waals surface area (Å²) in [5, 5.41) is 14.2. The first-order valence-electron chi connectivity index (χ1n) is 8.05. The highest BCUT2D eigenvalue weighted by atomic mass is 35.5. The number of benzene rings is 2. The minimum absolute atomic E-state index is 0. The van der Waals surface area contributed by atoms with E-state index in [4.69, 9.17) is 4.74 Å². The number of fused-ring (bicyclic) bond motifs is 1. The van der Waals surface area contributed by atoms with Crippen molar-refractivity contribution in [2.24, 2.45) is 0 Å². The molecule has 1 aliphatic rings. The van der Waals surface area contributed by atoms with E-state index in [1.54, 1.807) is 0 Å². The van der Waals surface area contributed by atoms with Crippen LogP contribution in [0.4, 0.5) is 5.69 Å². The van der Waals surface area contributed by atoms with Gasteiger partial charge < -0.3 is 10.1 Å². The summed E-state index contributed by atoms with van der Waals surface area (Å²) >= 11 is 0. The quantitative estimate of drug-likeness (QED) is 0.554. The van der Waals surface area contributed by atoms with Crippen molar-refractivity contribution in [3.8, 4) is 5.75 Å². The molecule has 0 spiro atoms. The molecule has 0 aromatic heterocycles. The van der Waals surface area contributed by atoms with E-state index in [1.165, 1.54) is 18.7 Å².